The molecule has 2 saturated heterocycles. The van der Waals surface area contributed by atoms with E-state index in [1.54, 1.807) is 4.90 Å². The summed E-state index contributed by atoms with van der Waals surface area (Å²) >= 11 is 0. The van der Waals surface area contributed by atoms with Gasteiger partial charge in [0.2, 0.25) is 11.8 Å². The molecule has 2 N–H and O–H groups in total. The second-order valence-electron chi connectivity index (χ2n) is 6.38. The van der Waals surface area contributed by atoms with E-state index in [0.717, 1.165) is 19.6 Å². The van der Waals surface area contributed by atoms with E-state index in [4.69, 9.17) is 9.84 Å². The van der Waals surface area contributed by atoms with Crippen LogP contribution in [0.2, 0.25) is 0 Å². The first-order chi connectivity index (χ1) is 11.5. The van der Waals surface area contributed by atoms with E-state index in [0.29, 0.717) is 39.1 Å². The van der Waals surface area contributed by atoms with Crippen molar-refractivity contribution >= 4 is 17.8 Å². The number of nitrogens with zero attached hydrogens (tertiary/aromatic N) is 2. The fourth-order valence-corrected chi connectivity index (χ4v) is 3.09. The smallest absolute Gasteiger partial charge is 0.326 e. The van der Waals surface area contributed by atoms with Crippen molar-refractivity contribution in [3.05, 3.63) is 0 Å². The van der Waals surface area contributed by atoms with E-state index in [9.17, 15) is 14.4 Å². The van der Waals surface area contributed by atoms with Gasteiger partial charge < -0.3 is 20.1 Å². The molecule has 0 radical (unpaired) electrons. The first-order valence-electron chi connectivity index (χ1n) is 8.62. The number of aliphatic carboxylic acids is 1. The van der Waals surface area contributed by atoms with Crippen molar-refractivity contribution in [3.63, 3.8) is 0 Å². The third-order valence-electron chi connectivity index (χ3n) is 4.57. The lowest BCUT2D eigenvalue weighted by Crippen LogP contribution is -2.44. The molecule has 2 aliphatic rings. The van der Waals surface area contributed by atoms with Gasteiger partial charge in [0.1, 0.15) is 6.04 Å². The lowest BCUT2D eigenvalue weighted by molar-refractivity contribution is -0.142. The third-order valence-corrected chi connectivity index (χ3v) is 4.57. The number of carboxylic acids is 1. The summed E-state index contributed by atoms with van der Waals surface area (Å²) < 4.78 is 5.29. The zero-order chi connectivity index (χ0) is 17.5. The standard InChI is InChI=1S/C16H27N3O5/c1-2-3-13(16(22)23)17-15(21)12-10-14(20)19(11-12)5-4-18-6-8-24-9-7-18/h12-13H,2-11H2,1H3,(H,17,21)(H,22,23). The summed E-state index contributed by atoms with van der Waals surface area (Å²) in [5, 5.41) is 11.7. The molecule has 24 heavy (non-hydrogen) atoms. The number of ether oxygens (including phenoxy) is 1. The number of morpholine rings is 1. The average molecular weight is 341 g/mol. The molecule has 0 spiro atoms. The molecule has 0 aromatic heterocycles. The van der Waals surface area contributed by atoms with Crippen LogP contribution < -0.4 is 5.32 Å². The van der Waals surface area contributed by atoms with Crippen molar-refractivity contribution in [3.8, 4) is 0 Å². The Hall–Kier alpha value is -1.67. The van der Waals surface area contributed by atoms with Crippen LogP contribution in [0.4, 0.5) is 0 Å². The van der Waals surface area contributed by atoms with E-state index in [2.05, 4.69) is 10.2 Å². The fraction of sp³-hybridized carbons (Fsp3) is 0.812. The Morgan fingerprint density at radius 2 is 2.04 bits per heavy atom. The molecule has 0 bridgehead atoms. The predicted molar refractivity (Wildman–Crippen MR) is 86.4 cm³/mol. The number of carbonyl (C=O) groups is 3. The summed E-state index contributed by atoms with van der Waals surface area (Å²) in [6, 6.07) is -0.875. The van der Waals surface area contributed by atoms with Gasteiger partial charge in [-0.15, -0.1) is 0 Å². The number of hydrogen-bond donors (Lipinski definition) is 2. The molecule has 2 rings (SSSR count). The highest BCUT2D eigenvalue weighted by atomic mass is 16.5. The normalized spacial score (nSPS) is 23.3. The van der Waals surface area contributed by atoms with Gasteiger partial charge in [-0.1, -0.05) is 13.3 Å². The van der Waals surface area contributed by atoms with Crippen molar-refractivity contribution in [1.29, 1.82) is 0 Å². The van der Waals surface area contributed by atoms with Gasteiger partial charge >= 0.3 is 5.97 Å². The minimum Gasteiger partial charge on any atom is -0.480 e. The van der Waals surface area contributed by atoms with Crippen LogP contribution >= 0.6 is 0 Å². The summed E-state index contributed by atoms with van der Waals surface area (Å²) in [6.07, 6.45) is 1.22. The van der Waals surface area contributed by atoms with Crippen molar-refractivity contribution in [2.45, 2.75) is 32.2 Å². The van der Waals surface area contributed by atoms with Gasteiger partial charge in [0, 0.05) is 39.1 Å². The molecule has 2 unspecified atom stereocenters. The maximum Gasteiger partial charge on any atom is 0.326 e. The Kier molecular flexibility index (Phi) is 6.99. The summed E-state index contributed by atoms with van der Waals surface area (Å²) in [5.74, 6) is -1.86. The second kappa shape index (κ2) is 8.98. The lowest BCUT2D eigenvalue weighted by Gasteiger charge is -2.28. The molecule has 2 aliphatic heterocycles. The quantitative estimate of drug-likeness (QED) is 0.620. The van der Waals surface area contributed by atoms with Gasteiger partial charge in [0.25, 0.3) is 0 Å². The highest BCUT2D eigenvalue weighted by Gasteiger charge is 2.35. The average Bonchev–Trinajstić information content (AvgIpc) is 2.94. The molecule has 2 heterocycles. The fourth-order valence-electron chi connectivity index (χ4n) is 3.09. The summed E-state index contributed by atoms with van der Waals surface area (Å²) in [5.41, 5.74) is 0. The minimum absolute atomic E-state index is 0.0363. The molecule has 0 aromatic carbocycles. The summed E-state index contributed by atoms with van der Waals surface area (Å²) in [4.78, 5) is 39.4. The number of amides is 2. The maximum atomic E-state index is 12.3. The zero-order valence-corrected chi connectivity index (χ0v) is 14.2. The van der Waals surface area contributed by atoms with Crippen molar-refractivity contribution < 1.29 is 24.2 Å². The molecular weight excluding hydrogens is 314 g/mol. The van der Waals surface area contributed by atoms with E-state index < -0.39 is 17.9 Å². The number of hydrogen-bond acceptors (Lipinski definition) is 5. The van der Waals surface area contributed by atoms with E-state index >= 15 is 0 Å². The van der Waals surface area contributed by atoms with Crippen molar-refractivity contribution in [2.75, 3.05) is 45.9 Å². The zero-order valence-electron chi connectivity index (χ0n) is 14.2. The molecule has 0 saturated carbocycles. The number of carboxylic acid groups (broad SMARTS) is 1. The molecule has 0 aromatic rings. The third kappa shape index (κ3) is 5.17. The summed E-state index contributed by atoms with van der Waals surface area (Å²) in [7, 11) is 0. The molecule has 8 nitrogen and oxygen atoms in total. The van der Waals surface area contributed by atoms with Crippen molar-refractivity contribution in [1.82, 2.24) is 15.1 Å². The Morgan fingerprint density at radius 3 is 2.67 bits per heavy atom. The van der Waals surface area contributed by atoms with Gasteiger partial charge in [0.05, 0.1) is 19.1 Å². The molecule has 2 amide bonds. The monoisotopic (exact) mass is 341 g/mol. The SMILES string of the molecule is CCCC(NC(=O)C1CC(=O)N(CCN2CCOCC2)C1)C(=O)O. The van der Waals surface area contributed by atoms with Crippen LogP contribution in [-0.2, 0) is 19.1 Å². The highest BCUT2D eigenvalue weighted by Crippen LogP contribution is 2.18. The van der Waals surface area contributed by atoms with Gasteiger partial charge in [-0.05, 0) is 6.42 Å². The topological polar surface area (TPSA) is 99.2 Å². The Labute approximate surface area is 142 Å². The van der Waals surface area contributed by atoms with Gasteiger partial charge in [-0.25, -0.2) is 4.79 Å². The highest BCUT2D eigenvalue weighted by molar-refractivity contribution is 5.91. The van der Waals surface area contributed by atoms with Crippen LogP contribution in [0, 0.1) is 5.92 Å². The molecule has 8 heteroatoms. The van der Waals surface area contributed by atoms with E-state index in [1.807, 2.05) is 6.92 Å². The summed E-state index contributed by atoms with van der Waals surface area (Å²) in [6.45, 7) is 6.77. The largest absolute Gasteiger partial charge is 0.480 e. The van der Waals surface area contributed by atoms with Crippen LogP contribution in [0.1, 0.15) is 26.2 Å². The van der Waals surface area contributed by atoms with Crippen LogP contribution in [0.15, 0.2) is 0 Å². The second-order valence-corrected chi connectivity index (χ2v) is 6.38. The Morgan fingerprint density at radius 1 is 1.33 bits per heavy atom. The Bertz CT molecular complexity index is 465. The van der Waals surface area contributed by atoms with E-state index in [-0.39, 0.29) is 18.2 Å². The Balaban J connectivity index is 1.79. The first kappa shape index (κ1) is 18.7. The minimum atomic E-state index is -1.03. The molecule has 0 aliphatic carbocycles. The van der Waals surface area contributed by atoms with Crippen LogP contribution in [0.25, 0.3) is 0 Å². The van der Waals surface area contributed by atoms with Crippen LogP contribution in [0.3, 0.4) is 0 Å². The molecular formula is C16H27N3O5. The number of carbonyl (C=O) groups excluding carboxylic acids is 2. The van der Waals surface area contributed by atoms with Gasteiger partial charge in [-0.3, -0.25) is 14.5 Å². The van der Waals surface area contributed by atoms with Crippen LogP contribution in [0.5, 0.6) is 0 Å². The van der Waals surface area contributed by atoms with Gasteiger partial charge in [-0.2, -0.15) is 0 Å². The predicted octanol–water partition coefficient (Wildman–Crippen LogP) is -0.463. The number of nitrogens with one attached hydrogen (secondary N) is 1. The molecule has 2 atom stereocenters. The lowest BCUT2D eigenvalue weighted by atomic mass is 10.1. The number of likely N-dealkylation sites (tertiary alicyclic amines) is 1. The van der Waals surface area contributed by atoms with Crippen LogP contribution in [-0.4, -0.2) is 84.7 Å². The number of rotatable bonds is 8. The first-order valence-corrected chi connectivity index (χ1v) is 8.62. The van der Waals surface area contributed by atoms with Gasteiger partial charge in [0.15, 0.2) is 0 Å². The molecule has 2 fully saturated rings. The molecule has 136 valence electrons. The van der Waals surface area contributed by atoms with Crippen molar-refractivity contribution in [2.24, 2.45) is 5.92 Å². The maximum absolute atomic E-state index is 12.3. The van der Waals surface area contributed by atoms with E-state index in [1.165, 1.54) is 0 Å².